The van der Waals surface area contributed by atoms with E-state index >= 15 is 0 Å². The first kappa shape index (κ1) is 15.7. The molecule has 0 radical (unpaired) electrons. The van der Waals surface area contributed by atoms with Gasteiger partial charge in [0.2, 0.25) is 0 Å². The number of nitrogens with zero attached hydrogens (tertiary/aromatic N) is 4. The minimum atomic E-state index is -0.397. The summed E-state index contributed by atoms with van der Waals surface area (Å²) >= 11 is 0. The third-order valence-corrected chi connectivity index (χ3v) is 3.32. The normalized spacial score (nSPS) is 10.4. The Bertz CT molecular complexity index is 784. The maximum atomic E-state index is 12.0. The van der Waals surface area contributed by atoms with E-state index in [1.54, 1.807) is 24.3 Å². The minimum absolute atomic E-state index is 0.182. The summed E-state index contributed by atoms with van der Waals surface area (Å²) in [6.07, 6.45) is 1.48. The van der Waals surface area contributed by atoms with Gasteiger partial charge in [-0.05, 0) is 53.7 Å². The third-order valence-electron chi connectivity index (χ3n) is 3.32. The Kier molecular flexibility index (Phi) is 4.81. The van der Waals surface area contributed by atoms with Gasteiger partial charge in [-0.25, -0.2) is 9.48 Å². The molecule has 1 aromatic heterocycles. The number of carbonyl (C=O) groups excluding carboxylic acids is 1. The first-order valence-electron chi connectivity index (χ1n) is 7.42. The molecule has 0 fully saturated rings. The molecular formula is C17H16N4O3. The van der Waals surface area contributed by atoms with Crippen molar-refractivity contribution >= 4 is 5.97 Å². The van der Waals surface area contributed by atoms with Crippen LogP contribution in [0.25, 0.3) is 5.69 Å². The van der Waals surface area contributed by atoms with Crippen molar-refractivity contribution in [3.05, 3.63) is 66.0 Å². The van der Waals surface area contributed by atoms with E-state index in [2.05, 4.69) is 15.5 Å². The second kappa shape index (κ2) is 7.36. The van der Waals surface area contributed by atoms with E-state index < -0.39 is 5.97 Å². The van der Waals surface area contributed by atoms with Gasteiger partial charge in [0.25, 0.3) is 0 Å². The Morgan fingerprint density at radius 2 is 1.79 bits per heavy atom. The van der Waals surface area contributed by atoms with Gasteiger partial charge in [-0.15, -0.1) is 5.10 Å². The Labute approximate surface area is 138 Å². The van der Waals surface area contributed by atoms with E-state index in [0.717, 1.165) is 11.4 Å². The highest BCUT2D eigenvalue weighted by atomic mass is 16.6. The summed E-state index contributed by atoms with van der Waals surface area (Å²) in [4.78, 5) is 12.0. The second-order valence-electron chi connectivity index (χ2n) is 5.10. The fraction of sp³-hybridized carbons (Fsp3) is 0.176. The smallest absolute Gasteiger partial charge is 0.338 e. The summed E-state index contributed by atoms with van der Waals surface area (Å²) < 4.78 is 12.2. The van der Waals surface area contributed by atoms with Gasteiger partial charge in [0.15, 0.2) is 0 Å². The fourth-order valence-corrected chi connectivity index (χ4v) is 2.04. The standard InChI is InChI=1S/C17H16N4O3/c1-13-2-8-16(9-3-13)23-10-11-24-17(22)14-4-6-15(7-5-14)21-12-18-19-20-21/h2-9,12H,10-11H2,1H3. The molecule has 1 heterocycles. The molecule has 0 aliphatic carbocycles. The van der Waals surface area contributed by atoms with Crippen LogP contribution in [0.5, 0.6) is 5.75 Å². The number of aryl methyl sites for hydroxylation is 1. The molecule has 0 spiro atoms. The van der Waals surface area contributed by atoms with E-state index in [9.17, 15) is 4.79 Å². The molecule has 0 unspecified atom stereocenters. The predicted molar refractivity (Wildman–Crippen MR) is 86.1 cm³/mol. The minimum Gasteiger partial charge on any atom is -0.490 e. The van der Waals surface area contributed by atoms with Gasteiger partial charge in [0.1, 0.15) is 25.3 Å². The van der Waals surface area contributed by atoms with Crippen LogP contribution in [0.15, 0.2) is 54.9 Å². The SMILES string of the molecule is Cc1ccc(OCCOC(=O)c2ccc(-n3cnnn3)cc2)cc1. The molecule has 0 aliphatic rings. The van der Waals surface area contributed by atoms with Crippen LogP contribution >= 0.6 is 0 Å². The number of benzene rings is 2. The second-order valence-corrected chi connectivity index (χ2v) is 5.10. The molecule has 0 bridgehead atoms. The molecule has 0 atom stereocenters. The van der Waals surface area contributed by atoms with Gasteiger partial charge in [-0.3, -0.25) is 0 Å². The molecule has 0 saturated heterocycles. The monoisotopic (exact) mass is 324 g/mol. The number of hydrogen-bond donors (Lipinski definition) is 0. The number of aromatic nitrogens is 4. The van der Waals surface area contributed by atoms with Crippen molar-refractivity contribution < 1.29 is 14.3 Å². The van der Waals surface area contributed by atoms with Crippen molar-refractivity contribution in [2.24, 2.45) is 0 Å². The maximum Gasteiger partial charge on any atom is 0.338 e. The quantitative estimate of drug-likeness (QED) is 0.511. The summed E-state index contributed by atoms with van der Waals surface area (Å²) in [6.45, 7) is 2.50. The van der Waals surface area contributed by atoms with Crippen molar-refractivity contribution in [2.75, 3.05) is 13.2 Å². The van der Waals surface area contributed by atoms with Crippen LogP contribution < -0.4 is 4.74 Å². The average molecular weight is 324 g/mol. The zero-order chi connectivity index (χ0) is 16.8. The van der Waals surface area contributed by atoms with Crippen LogP contribution in [-0.4, -0.2) is 39.4 Å². The lowest BCUT2D eigenvalue weighted by molar-refractivity contribution is 0.0450. The molecule has 0 aliphatic heterocycles. The molecule has 0 N–H and O–H groups in total. The lowest BCUT2D eigenvalue weighted by atomic mass is 10.2. The summed E-state index contributed by atoms with van der Waals surface area (Å²) in [5, 5.41) is 10.9. The van der Waals surface area contributed by atoms with Gasteiger partial charge in [-0.1, -0.05) is 17.7 Å². The summed E-state index contributed by atoms with van der Waals surface area (Å²) in [7, 11) is 0. The number of tetrazole rings is 1. The van der Waals surface area contributed by atoms with Crippen LogP contribution in [0.1, 0.15) is 15.9 Å². The van der Waals surface area contributed by atoms with E-state index in [4.69, 9.17) is 9.47 Å². The van der Waals surface area contributed by atoms with Gasteiger partial charge in [0.05, 0.1) is 11.3 Å². The van der Waals surface area contributed by atoms with E-state index in [0.29, 0.717) is 12.2 Å². The molecule has 2 aromatic carbocycles. The van der Waals surface area contributed by atoms with Crippen LogP contribution in [0.2, 0.25) is 0 Å². The van der Waals surface area contributed by atoms with E-state index in [1.807, 2.05) is 31.2 Å². The Balaban J connectivity index is 1.47. The summed E-state index contributed by atoms with van der Waals surface area (Å²) in [6, 6.07) is 14.5. The number of ether oxygens (including phenoxy) is 2. The molecule has 122 valence electrons. The number of esters is 1. The van der Waals surface area contributed by atoms with Crippen molar-refractivity contribution in [2.45, 2.75) is 6.92 Å². The molecule has 24 heavy (non-hydrogen) atoms. The molecular weight excluding hydrogens is 308 g/mol. The van der Waals surface area contributed by atoms with Gasteiger partial charge in [-0.2, -0.15) is 0 Å². The molecule has 7 heteroatoms. The molecule has 3 rings (SSSR count). The maximum absolute atomic E-state index is 12.0. The van der Waals surface area contributed by atoms with Crippen LogP contribution in [0.4, 0.5) is 0 Å². The number of rotatable bonds is 6. The van der Waals surface area contributed by atoms with Crippen LogP contribution in [0, 0.1) is 6.92 Å². The highest BCUT2D eigenvalue weighted by Gasteiger charge is 2.08. The lowest BCUT2D eigenvalue weighted by Gasteiger charge is -2.08. The highest BCUT2D eigenvalue weighted by molar-refractivity contribution is 5.89. The van der Waals surface area contributed by atoms with Crippen molar-refractivity contribution in [3.8, 4) is 11.4 Å². The third kappa shape index (κ3) is 3.95. The summed E-state index contributed by atoms with van der Waals surface area (Å²) in [5.74, 6) is 0.355. The lowest BCUT2D eigenvalue weighted by Crippen LogP contribution is -2.12. The average Bonchev–Trinajstić information content (AvgIpc) is 3.15. The van der Waals surface area contributed by atoms with Crippen LogP contribution in [0.3, 0.4) is 0 Å². The van der Waals surface area contributed by atoms with Crippen molar-refractivity contribution in [3.63, 3.8) is 0 Å². The molecule has 0 amide bonds. The molecule has 7 nitrogen and oxygen atoms in total. The van der Waals surface area contributed by atoms with E-state index in [-0.39, 0.29) is 6.61 Å². The Morgan fingerprint density at radius 3 is 2.46 bits per heavy atom. The van der Waals surface area contributed by atoms with Crippen LogP contribution in [-0.2, 0) is 4.74 Å². The first-order valence-corrected chi connectivity index (χ1v) is 7.42. The van der Waals surface area contributed by atoms with Gasteiger partial charge < -0.3 is 9.47 Å². The van der Waals surface area contributed by atoms with Crippen molar-refractivity contribution in [1.29, 1.82) is 0 Å². The summed E-state index contributed by atoms with van der Waals surface area (Å²) in [5.41, 5.74) is 2.39. The Morgan fingerprint density at radius 1 is 1.04 bits per heavy atom. The molecule has 0 saturated carbocycles. The Hall–Kier alpha value is -3.22. The molecule has 3 aromatic rings. The van der Waals surface area contributed by atoms with E-state index in [1.165, 1.54) is 16.6 Å². The van der Waals surface area contributed by atoms with Gasteiger partial charge >= 0.3 is 5.97 Å². The largest absolute Gasteiger partial charge is 0.490 e. The number of hydrogen-bond acceptors (Lipinski definition) is 6. The number of carbonyl (C=O) groups is 1. The van der Waals surface area contributed by atoms with Crippen molar-refractivity contribution in [1.82, 2.24) is 20.2 Å². The first-order chi connectivity index (χ1) is 11.7. The topological polar surface area (TPSA) is 79.1 Å². The zero-order valence-electron chi connectivity index (χ0n) is 13.1. The fourth-order valence-electron chi connectivity index (χ4n) is 2.04. The van der Waals surface area contributed by atoms with Gasteiger partial charge in [0, 0.05) is 0 Å². The zero-order valence-corrected chi connectivity index (χ0v) is 13.1. The highest BCUT2D eigenvalue weighted by Crippen LogP contribution is 2.12. The predicted octanol–water partition coefficient (Wildman–Crippen LogP) is 2.21.